The fourth-order valence-electron chi connectivity index (χ4n) is 8.18. The van der Waals surface area contributed by atoms with E-state index in [0.717, 1.165) is 21.6 Å². The molecule has 10 amide bonds. The molecule has 2 saturated heterocycles. The molecule has 27 heteroatoms. The molecule has 412 valence electrons. The first kappa shape index (κ1) is 60.0. The third-order valence-electron chi connectivity index (χ3n) is 12.4. The molecule has 3 aromatic rings. The number of benzene rings is 3. The van der Waals surface area contributed by atoms with Gasteiger partial charge in [-0.1, -0.05) is 69.6 Å². The van der Waals surface area contributed by atoms with E-state index in [-0.39, 0.29) is 68.9 Å². The highest BCUT2D eigenvalue weighted by Crippen LogP contribution is 2.35. The van der Waals surface area contributed by atoms with Crippen LogP contribution in [0.2, 0.25) is 5.02 Å². The molecule has 0 radical (unpaired) electrons. The van der Waals surface area contributed by atoms with Crippen molar-refractivity contribution >= 4 is 86.5 Å². The Morgan fingerprint density at radius 1 is 0.684 bits per heavy atom. The van der Waals surface area contributed by atoms with Gasteiger partial charge in [0.25, 0.3) is 0 Å². The van der Waals surface area contributed by atoms with Crippen LogP contribution in [-0.2, 0) is 57.6 Å². The largest absolute Gasteiger partial charge is 0.508 e. The van der Waals surface area contributed by atoms with Crippen molar-refractivity contribution in [2.75, 3.05) is 18.8 Å². The van der Waals surface area contributed by atoms with Crippen molar-refractivity contribution in [2.24, 2.45) is 22.9 Å². The quantitative estimate of drug-likeness (QED) is 0.0434. The summed E-state index contributed by atoms with van der Waals surface area (Å²) >= 11 is 6.06. The van der Waals surface area contributed by atoms with Gasteiger partial charge in [-0.25, -0.2) is 4.79 Å². The molecule has 3 aromatic carbocycles. The van der Waals surface area contributed by atoms with Crippen LogP contribution >= 0.6 is 33.2 Å². The lowest BCUT2D eigenvalue weighted by atomic mass is 9.94. The first-order valence-corrected chi connectivity index (χ1v) is 27.2. The Balaban J connectivity index is 1.55. The summed E-state index contributed by atoms with van der Waals surface area (Å²) in [5.41, 5.74) is 24.6. The summed E-state index contributed by atoms with van der Waals surface area (Å²) in [7, 11) is 1.66. The molecule has 5 rings (SSSR count). The lowest BCUT2D eigenvalue weighted by Crippen LogP contribution is -2.71. The molecule has 0 aromatic heterocycles. The fourth-order valence-corrected chi connectivity index (χ4v) is 11.3. The van der Waals surface area contributed by atoms with E-state index in [1.54, 1.807) is 24.3 Å². The van der Waals surface area contributed by atoms with Gasteiger partial charge >= 0.3 is 6.03 Å². The number of nitrogens with one attached hydrogen (secondary N) is 8. The molecule has 2 aliphatic heterocycles. The first-order valence-electron chi connectivity index (χ1n) is 24.4. The van der Waals surface area contributed by atoms with Crippen LogP contribution in [0.25, 0.3) is 0 Å². The average molecular weight is 1110 g/mol. The molecule has 2 bridgehead atoms. The van der Waals surface area contributed by atoms with Crippen LogP contribution in [0.15, 0.2) is 72.8 Å². The Bertz CT molecular complexity index is 2520. The minimum absolute atomic E-state index is 0.0119. The number of amides is 10. The van der Waals surface area contributed by atoms with Crippen molar-refractivity contribution in [1.29, 1.82) is 0 Å². The van der Waals surface area contributed by atoms with Crippen molar-refractivity contribution in [2.45, 2.75) is 117 Å². The van der Waals surface area contributed by atoms with Crippen LogP contribution in [0.1, 0.15) is 55.2 Å². The van der Waals surface area contributed by atoms with Crippen molar-refractivity contribution in [3.8, 4) is 11.5 Å². The molecule has 19 N–H and O–H groups in total. The van der Waals surface area contributed by atoms with Gasteiger partial charge in [0.1, 0.15) is 53.8 Å². The number of phenols is 2. The number of phenolic OH excluding ortho intramolecular Hbond substituents is 2. The van der Waals surface area contributed by atoms with Gasteiger partial charge in [0.05, 0.1) is 17.4 Å². The SMILES string of the molecule is NCCCC[C@@H]1NC(=O)[C@@H](CCCCNC(N)=O)NC(=O)[C@H](Cc2ccc(O)cc2)NC(=O)[C@H](NC(=O)[C@@H](N)Cc2ccc(Cl)cc2)CSSC2[C@@H](C(=O)N[C@H](Cc3ccc(O)cc3)C(N)=O)NC(=O)[C@@H](NC1=O)[C@@H]2O. The number of hydrogen-bond acceptors (Lipinski definition) is 16. The van der Waals surface area contributed by atoms with E-state index >= 15 is 0 Å². The van der Waals surface area contributed by atoms with Crippen LogP contribution < -0.4 is 65.5 Å². The second kappa shape index (κ2) is 29.5. The number of carbonyl (C=O) groups is 9. The lowest BCUT2D eigenvalue weighted by molar-refractivity contribution is -0.140. The normalized spacial score (nSPS) is 23.3. The van der Waals surface area contributed by atoms with E-state index in [1.165, 1.54) is 48.5 Å². The number of halogens is 1. The number of urea groups is 1. The third kappa shape index (κ3) is 18.5. The number of aliphatic hydroxyl groups excluding tert-OH is 1. The molecule has 10 atom stereocenters. The minimum atomic E-state index is -1.88. The van der Waals surface area contributed by atoms with Crippen molar-refractivity contribution in [3.63, 3.8) is 0 Å². The van der Waals surface area contributed by atoms with Gasteiger partial charge in [0.15, 0.2) is 0 Å². The van der Waals surface area contributed by atoms with Crippen molar-refractivity contribution in [1.82, 2.24) is 42.5 Å². The predicted molar refractivity (Wildman–Crippen MR) is 284 cm³/mol. The van der Waals surface area contributed by atoms with Gasteiger partial charge < -0.3 is 80.8 Å². The zero-order chi connectivity index (χ0) is 55.5. The molecular formula is C49H65ClN12O12S2. The smallest absolute Gasteiger partial charge is 0.312 e. The Kier molecular flexibility index (Phi) is 23.3. The summed E-state index contributed by atoms with van der Waals surface area (Å²) in [6.07, 6.45) is -1.05. The lowest BCUT2D eigenvalue weighted by Gasteiger charge is -2.40. The van der Waals surface area contributed by atoms with Crippen LogP contribution in [0.5, 0.6) is 11.5 Å². The van der Waals surface area contributed by atoms with Crippen molar-refractivity contribution in [3.05, 3.63) is 94.5 Å². The van der Waals surface area contributed by atoms with E-state index < -0.39 is 113 Å². The maximum Gasteiger partial charge on any atom is 0.312 e. The standard InChI is InChI=1S/C49H65ClN12O12S2/c50-28-13-7-25(8-14-28)21-31(52)42(67)60-36-24-75-76-40-38(48(73)58-34(41(53)66)22-26-9-15-29(63)16-10-26)62-47(72)37(39(40)65)61-44(69)33(5-1-3-19-51)56-43(68)32(6-2-4-20-55-49(54)74)57-45(70)35(59-46(36)71)23-27-11-17-30(64)18-12-27/h7-18,31-40,63-65H,1-6,19-24,51-52H2,(H2,53,66)(H,56,68)(H,57,70)(H,58,73)(H,59,71)(H,60,67)(H,61,69)(H,62,72)(H3,54,55,74)/t31-,32+,33-,34+,35-,36+,37-,38-,39-,40?/m0/s1. The second-order valence-electron chi connectivity index (χ2n) is 18.3. The Hall–Kier alpha value is -6.84. The minimum Gasteiger partial charge on any atom is -0.508 e. The van der Waals surface area contributed by atoms with Crippen LogP contribution in [0, 0.1) is 0 Å². The maximum absolute atomic E-state index is 14.6. The number of fused-ring (bicyclic) bond motifs is 2. The van der Waals surface area contributed by atoms with E-state index in [9.17, 15) is 58.5 Å². The van der Waals surface area contributed by atoms with Crippen LogP contribution in [-0.4, -0.2) is 147 Å². The number of aliphatic hydroxyl groups is 1. The number of aromatic hydroxyl groups is 2. The van der Waals surface area contributed by atoms with E-state index in [0.29, 0.717) is 41.0 Å². The summed E-state index contributed by atoms with van der Waals surface area (Å²) in [6, 6.07) is 5.56. The predicted octanol–water partition coefficient (Wildman–Crippen LogP) is -1.91. The zero-order valence-electron chi connectivity index (χ0n) is 41.2. The van der Waals surface area contributed by atoms with Crippen LogP contribution in [0.3, 0.4) is 0 Å². The number of primary amides is 2. The van der Waals surface area contributed by atoms with Gasteiger partial charge in [-0.2, -0.15) is 0 Å². The number of rotatable bonds is 20. The molecule has 2 aliphatic rings. The fraction of sp³-hybridized carbons (Fsp3) is 0.449. The van der Waals surface area contributed by atoms with Crippen LogP contribution in [0.4, 0.5) is 4.79 Å². The Morgan fingerprint density at radius 3 is 1.82 bits per heavy atom. The summed E-state index contributed by atoms with van der Waals surface area (Å²) in [5, 5.41) is 51.7. The number of piperidine rings is 1. The molecule has 2 fully saturated rings. The van der Waals surface area contributed by atoms with Gasteiger partial charge in [0.2, 0.25) is 47.3 Å². The molecule has 2 heterocycles. The highest BCUT2D eigenvalue weighted by atomic mass is 35.5. The monoisotopic (exact) mass is 1110 g/mol. The molecule has 0 aliphatic carbocycles. The maximum atomic E-state index is 14.6. The first-order chi connectivity index (χ1) is 36.2. The number of hydrogen-bond donors (Lipinski definition) is 15. The van der Waals surface area contributed by atoms with Gasteiger partial charge in [-0.15, -0.1) is 0 Å². The molecule has 0 saturated carbocycles. The summed E-state index contributed by atoms with van der Waals surface area (Å²) < 4.78 is 0. The van der Waals surface area contributed by atoms with Crippen molar-refractivity contribution < 1.29 is 58.5 Å². The molecular weight excluding hydrogens is 1050 g/mol. The Morgan fingerprint density at radius 2 is 1.22 bits per heavy atom. The van der Waals surface area contributed by atoms with E-state index in [2.05, 4.69) is 42.5 Å². The average Bonchev–Trinajstić information content (AvgIpc) is 3.37. The summed E-state index contributed by atoms with van der Waals surface area (Å²) in [5.74, 6) is -7.77. The second-order valence-corrected chi connectivity index (χ2v) is 21.3. The zero-order valence-corrected chi connectivity index (χ0v) is 43.6. The molecule has 76 heavy (non-hydrogen) atoms. The van der Waals surface area contributed by atoms with E-state index in [4.69, 9.17) is 34.5 Å². The number of carbonyl (C=O) groups excluding carboxylic acids is 9. The van der Waals surface area contributed by atoms with Gasteiger partial charge in [0, 0.05) is 30.2 Å². The third-order valence-corrected chi connectivity index (χ3v) is 15.5. The Labute approximate surface area is 450 Å². The topological polar surface area (TPSA) is 415 Å². The molecule has 0 spiro atoms. The summed E-state index contributed by atoms with van der Waals surface area (Å²) in [6.45, 7) is 0.347. The van der Waals surface area contributed by atoms with Gasteiger partial charge in [-0.3, -0.25) is 38.4 Å². The summed E-state index contributed by atoms with van der Waals surface area (Å²) in [4.78, 5) is 124. The number of nitrogens with two attached hydrogens (primary N) is 4. The number of unbranched alkanes of at least 4 members (excludes halogenated alkanes) is 2. The van der Waals surface area contributed by atoms with E-state index in [1.807, 2.05) is 0 Å². The van der Waals surface area contributed by atoms with Gasteiger partial charge in [-0.05, 0) is 105 Å². The highest BCUT2D eigenvalue weighted by Gasteiger charge is 2.49. The highest BCUT2D eigenvalue weighted by molar-refractivity contribution is 8.77. The molecule has 1 unspecified atom stereocenters. The molecule has 24 nitrogen and oxygen atoms in total.